The van der Waals surface area contributed by atoms with E-state index in [1.807, 2.05) is 0 Å². The summed E-state index contributed by atoms with van der Waals surface area (Å²) >= 11 is 3.25. The van der Waals surface area contributed by atoms with Crippen LogP contribution in [0.15, 0.2) is 28.7 Å². The second-order valence-electron chi connectivity index (χ2n) is 6.52. The minimum atomic E-state index is -1.11. The summed E-state index contributed by atoms with van der Waals surface area (Å²) in [4.78, 5) is 26.8. The number of hydrogen-bond acceptors (Lipinski definition) is 6. The molecule has 1 aliphatic heterocycles. The summed E-state index contributed by atoms with van der Waals surface area (Å²) in [5.41, 5.74) is 1.06. The zero-order valence-electron chi connectivity index (χ0n) is 16.2. The third kappa shape index (κ3) is 3.35. The fraction of sp³-hybridized carbons (Fsp3) is 0.300. The highest BCUT2D eigenvalue weighted by Gasteiger charge is 2.44. The number of phenols is 1. The lowest BCUT2D eigenvalue weighted by molar-refractivity contribution is -0.140. The molecule has 2 aromatic carbocycles. The molecule has 9 heteroatoms. The van der Waals surface area contributed by atoms with Crippen molar-refractivity contribution < 1.29 is 34.0 Å². The first kappa shape index (κ1) is 20.8. The lowest BCUT2D eigenvalue weighted by atomic mass is 9.79. The molecule has 0 radical (unpaired) electrons. The van der Waals surface area contributed by atoms with Gasteiger partial charge in [0, 0.05) is 12.6 Å². The molecule has 0 unspecified atom stereocenters. The summed E-state index contributed by atoms with van der Waals surface area (Å²) in [7, 11) is 5.81. The third-order valence-electron chi connectivity index (χ3n) is 5.05. The number of halogens is 1. The Bertz CT molecular complexity index is 991. The maximum atomic E-state index is 13.1. The smallest absolute Gasteiger partial charge is 0.313 e. The molecule has 0 spiro atoms. The van der Waals surface area contributed by atoms with Gasteiger partial charge >= 0.3 is 5.97 Å². The van der Waals surface area contributed by atoms with E-state index in [0.717, 1.165) is 0 Å². The van der Waals surface area contributed by atoms with Crippen LogP contribution in [0.4, 0.5) is 0 Å². The van der Waals surface area contributed by atoms with Gasteiger partial charge < -0.3 is 29.3 Å². The molecule has 8 nitrogen and oxygen atoms in total. The van der Waals surface area contributed by atoms with E-state index in [4.69, 9.17) is 14.2 Å². The molecule has 0 saturated carbocycles. The van der Waals surface area contributed by atoms with E-state index < -0.39 is 17.9 Å². The molecule has 0 saturated heterocycles. The number of phenolic OH excluding ortho intramolecular Hbond substituents is 1. The Morgan fingerprint density at radius 2 is 1.62 bits per heavy atom. The number of ether oxygens (including phenoxy) is 3. The number of benzene rings is 2. The van der Waals surface area contributed by atoms with Crippen LogP contribution in [-0.4, -0.2) is 55.4 Å². The predicted molar refractivity (Wildman–Crippen MR) is 107 cm³/mol. The van der Waals surface area contributed by atoms with Crippen molar-refractivity contribution in [1.82, 2.24) is 4.90 Å². The summed E-state index contributed by atoms with van der Waals surface area (Å²) in [5, 5.41) is 20.2. The first-order chi connectivity index (χ1) is 13.7. The van der Waals surface area contributed by atoms with Crippen molar-refractivity contribution >= 4 is 27.8 Å². The summed E-state index contributed by atoms with van der Waals surface area (Å²) in [5.74, 6) is -1.81. The van der Waals surface area contributed by atoms with Crippen LogP contribution in [0.1, 0.15) is 33.4 Å². The molecule has 0 fully saturated rings. The monoisotopic (exact) mass is 465 g/mol. The number of carboxylic acids is 1. The van der Waals surface area contributed by atoms with E-state index in [1.165, 1.54) is 51.5 Å². The Hall–Kier alpha value is -2.94. The summed E-state index contributed by atoms with van der Waals surface area (Å²) in [6, 6.07) is 5.28. The van der Waals surface area contributed by atoms with Crippen molar-refractivity contribution in [2.24, 2.45) is 0 Å². The minimum Gasteiger partial charge on any atom is -0.503 e. The second kappa shape index (κ2) is 7.82. The molecule has 3 rings (SSSR count). The average molecular weight is 466 g/mol. The molecule has 1 heterocycles. The number of aromatic hydroxyl groups is 1. The number of carbonyl (C=O) groups excluding carboxylic acids is 1. The Labute approximate surface area is 175 Å². The van der Waals surface area contributed by atoms with Gasteiger partial charge in [0.05, 0.1) is 31.8 Å². The summed E-state index contributed by atoms with van der Waals surface area (Å²) < 4.78 is 16.1. The third-order valence-corrected chi connectivity index (χ3v) is 5.66. The van der Waals surface area contributed by atoms with Crippen molar-refractivity contribution in [3.05, 3.63) is 45.4 Å². The highest BCUT2D eigenvalue weighted by atomic mass is 79.9. The molecule has 154 valence electrons. The number of carboxylic acid groups (broad SMARTS) is 1. The van der Waals surface area contributed by atoms with E-state index in [1.54, 1.807) is 6.07 Å². The van der Waals surface area contributed by atoms with Gasteiger partial charge in [-0.1, -0.05) is 0 Å². The number of amides is 1. The van der Waals surface area contributed by atoms with Crippen LogP contribution >= 0.6 is 15.9 Å². The van der Waals surface area contributed by atoms with Crippen molar-refractivity contribution in [3.8, 4) is 23.0 Å². The van der Waals surface area contributed by atoms with Crippen LogP contribution in [-0.2, 0) is 4.79 Å². The van der Waals surface area contributed by atoms with Gasteiger partial charge in [0.15, 0.2) is 23.0 Å². The number of likely N-dealkylation sites (N-methyl/N-ethyl adjacent to an activating group) is 1. The van der Waals surface area contributed by atoms with E-state index >= 15 is 0 Å². The van der Waals surface area contributed by atoms with E-state index in [0.29, 0.717) is 27.1 Å². The van der Waals surface area contributed by atoms with Crippen LogP contribution in [0.3, 0.4) is 0 Å². The number of rotatable bonds is 5. The number of methoxy groups -OCH3 is 3. The maximum absolute atomic E-state index is 13.1. The molecule has 29 heavy (non-hydrogen) atoms. The lowest BCUT2D eigenvalue weighted by Crippen LogP contribution is -2.42. The van der Waals surface area contributed by atoms with Crippen LogP contribution in [0.5, 0.6) is 23.0 Å². The largest absolute Gasteiger partial charge is 0.503 e. The number of hydrogen-bond donors (Lipinski definition) is 2. The minimum absolute atomic E-state index is 0.111. The molecular formula is C20H20BrNO7. The fourth-order valence-corrected chi connectivity index (χ4v) is 4.11. The number of fused-ring (bicyclic) bond motifs is 1. The molecule has 1 amide bonds. The summed E-state index contributed by atoms with van der Waals surface area (Å²) in [6.45, 7) is 0. The Morgan fingerprint density at radius 1 is 1.03 bits per heavy atom. The second-order valence-corrected chi connectivity index (χ2v) is 7.38. The Morgan fingerprint density at radius 3 is 2.17 bits per heavy atom. The molecule has 2 N–H and O–H groups in total. The molecular weight excluding hydrogens is 446 g/mol. The molecule has 2 atom stereocenters. The van der Waals surface area contributed by atoms with E-state index in [-0.39, 0.29) is 23.0 Å². The zero-order chi connectivity index (χ0) is 21.5. The molecule has 0 aromatic heterocycles. The normalized spacial score (nSPS) is 18.2. The van der Waals surface area contributed by atoms with Gasteiger partial charge in [0.1, 0.15) is 5.92 Å². The Balaban J connectivity index is 2.27. The van der Waals surface area contributed by atoms with E-state index in [9.17, 15) is 19.8 Å². The summed E-state index contributed by atoms with van der Waals surface area (Å²) in [6.07, 6.45) is 0. The predicted octanol–water partition coefficient (Wildman–Crippen LogP) is 3.18. The topological polar surface area (TPSA) is 106 Å². The molecule has 2 aromatic rings. The highest BCUT2D eigenvalue weighted by Crippen LogP contribution is 2.47. The zero-order valence-corrected chi connectivity index (χ0v) is 17.8. The standard InChI is InChI=1S/C20H20BrNO7/c1-22-17(9-5-12(21)18(23)15(6-9)29-4)16(20(25)26)10-7-13(27-2)14(28-3)8-11(10)19(22)24/h5-8,16-17,23H,1-4H3,(H,25,26)/t16-,17+/m0/s1. The first-order valence-corrected chi connectivity index (χ1v) is 9.36. The quantitative estimate of drug-likeness (QED) is 0.698. The number of nitrogens with zero attached hydrogens (tertiary/aromatic N) is 1. The fourth-order valence-electron chi connectivity index (χ4n) is 3.65. The molecule has 0 aliphatic carbocycles. The Kier molecular flexibility index (Phi) is 5.61. The highest BCUT2D eigenvalue weighted by molar-refractivity contribution is 9.10. The van der Waals surface area contributed by atoms with Crippen molar-refractivity contribution in [2.45, 2.75) is 12.0 Å². The van der Waals surface area contributed by atoms with Crippen molar-refractivity contribution in [2.75, 3.05) is 28.4 Å². The first-order valence-electron chi connectivity index (χ1n) is 8.57. The van der Waals surface area contributed by atoms with Crippen LogP contribution in [0, 0.1) is 0 Å². The van der Waals surface area contributed by atoms with Gasteiger partial charge in [-0.05, 0) is 51.3 Å². The number of carbonyl (C=O) groups is 2. The SMILES string of the molecule is COc1cc2c(cc1OC)[C@H](C(=O)O)[C@@H](c1cc(Br)c(O)c(OC)c1)N(C)C2=O. The van der Waals surface area contributed by atoms with Crippen molar-refractivity contribution in [3.63, 3.8) is 0 Å². The van der Waals surface area contributed by atoms with E-state index in [2.05, 4.69) is 15.9 Å². The average Bonchev–Trinajstić information content (AvgIpc) is 2.71. The molecule has 1 aliphatic rings. The van der Waals surface area contributed by atoms with Gasteiger partial charge in [-0.25, -0.2) is 0 Å². The maximum Gasteiger partial charge on any atom is 0.313 e. The van der Waals surface area contributed by atoms with Gasteiger partial charge in [0.25, 0.3) is 5.91 Å². The van der Waals surface area contributed by atoms with Gasteiger partial charge in [-0.3, -0.25) is 9.59 Å². The van der Waals surface area contributed by atoms with Crippen LogP contribution in [0.2, 0.25) is 0 Å². The van der Waals surface area contributed by atoms with Crippen LogP contribution < -0.4 is 14.2 Å². The lowest BCUT2D eigenvalue weighted by Gasteiger charge is -2.39. The van der Waals surface area contributed by atoms with Gasteiger partial charge in [-0.15, -0.1) is 0 Å². The number of aliphatic carboxylic acids is 1. The van der Waals surface area contributed by atoms with Crippen molar-refractivity contribution in [1.29, 1.82) is 0 Å². The van der Waals surface area contributed by atoms with Gasteiger partial charge in [-0.2, -0.15) is 0 Å². The molecule has 0 bridgehead atoms. The van der Waals surface area contributed by atoms with Gasteiger partial charge in [0.2, 0.25) is 0 Å². The van der Waals surface area contributed by atoms with Crippen LogP contribution in [0.25, 0.3) is 0 Å².